The normalized spacial score (nSPS) is 16.2. The predicted molar refractivity (Wildman–Crippen MR) is 108 cm³/mol. The highest BCUT2D eigenvalue weighted by Crippen LogP contribution is 2.21. The van der Waals surface area contributed by atoms with Crippen LogP contribution in [0.5, 0.6) is 0 Å². The topological polar surface area (TPSA) is 83.7 Å². The summed E-state index contributed by atoms with van der Waals surface area (Å²) in [6, 6.07) is 3.98. The van der Waals surface area contributed by atoms with Crippen molar-refractivity contribution in [1.82, 2.24) is 25.3 Å². The van der Waals surface area contributed by atoms with E-state index in [0.717, 1.165) is 44.0 Å². The van der Waals surface area contributed by atoms with Crippen molar-refractivity contribution in [3.8, 4) is 10.7 Å². The molecule has 2 aromatic heterocycles. The van der Waals surface area contributed by atoms with E-state index in [1.54, 1.807) is 11.3 Å². The molecule has 0 radical (unpaired) electrons. The lowest BCUT2D eigenvalue weighted by Gasteiger charge is -2.33. The number of aromatic nitrogens is 2. The Labute approximate surface area is 169 Å². The molecule has 3 rings (SSSR count). The van der Waals surface area contributed by atoms with Gasteiger partial charge in [0, 0.05) is 32.7 Å². The third-order valence-corrected chi connectivity index (χ3v) is 5.22. The highest BCUT2D eigenvalue weighted by molar-refractivity contribution is 7.13. The lowest BCUT2D eigenvalue weighted by molar-refractivity contribution is 0.0523. The van der Waals surface area contributed by atoms with Crippen molar-refractivity contribution in [2.75, 3.05) is 39.3 Å². The van der Waals surface area contributed by atoms with E-state index in [0.29, 0.717) is 24.8 Å². The van der Waals surface area contributed by atoms with E-state index in [1.807, 2.05) is 38.3 Å². The lowest BCUT2D eigenvalue weighted by Crippen LogP contribution is -2.46. The average molecular weight is 408 g/mol. The van der Waals surface area contributed by atoms with E-state index in [9.17, 15) is 4.79 Å². The molecule has 154 valence electrons. The van der Waals surface area contributed by atoms with Crippen LogP contribution in [-0.2, 0) is 11.3 Å². The molecule has 0 spiro atoms. The minimum Gasteiger partial charge on any atom is -0.444 e. The van der Waals surface area contributed by atoms with E-state index in [-0.39, 0.29) is 6.09 Å². The maximum Gasteiger partial charge on any atom is 0.407 e. The van der Waals surface area contributed by atoms with Crippen molar-refractivity contribution in [2.45, 2.75) is 39.3 Å². The van der Waals surface area contributed by atoms with Crippen LogP contribution in [0, 0.1) is 0 Å². The monoisotopic (exact) mass is 407 g/mol. The molecule has 0 saturated carbocycles. The fraction of sp³-hybridized carbons (Fsp3) is 0.632. The standard InChI is InChI=1S/C19H29N5O3S/c1-19(2,3)26-18(25)20-7-5-8-23-9-11-24(12-10-23)14-16-21-17(22-27-16)15-6-4-13-28-15/h4,6,13H,5,7-12,14H2,1-3H3,(H,20,25). The molecule has 1 aliphatic rings. The molecular weight excluding hydrogens is 378 g/mol. The van der Waals surface area contributed by atoms with Gasteiger partial charge in [-0.25, -0.2) is 4.79 Å². The minimum atomic E-state index is -0.455. The van der Waals surface area contributed by atoms with Gasteiger partial charge < -0.3 is 19.5 Å². The third kappa shape index (κ3) is 6.57. The van der Waals surface area contributed by atoms with Crippen LogP contribution in [0.4, 0.5) is 4.79 Å². The molecule has 9 heteroatoms. The summed E-state index contributed by atoms with van der Waals surface area (Å²) in [6.45, 7) is 11.8. The molecule has 1 saturated heterocycles. The molecule has 0 unspecified atom stereocenters. The molecule has 2 aromatic rings. The first kappa shape index (κ1) is 20.8. The van der Waals surface area contributed by atoms with Crippen molar-refractivity contribution in [1.29, 1.82) is 0 Å². The third-order valence-electron chi connectivity index (χ3n) is 4.35. The van der Waals surface area contributed by atoms with Crippen LogP contribution in [0.15, 0.2) is 22.0 Å². The van der Waals surface area contributed by atoms with Gasteiger partial charge in [-0.2, -0.15) is 4.98 Å². The number of piperazine rings is 1. The summed E-state index contributed by atoms with van der Waals surface area (Å²) in [4.78, 5) is 21.9. The van der Waals surface area contributed by atoms with Crippen molar-refractivity contribution in [2.24, 2.45) is 0 Å². The van der Waals surface area contributed by atoms with Gasteiger partial charge in [-0.1, -0.05) is 11.2 Å². The Morgan fingerprint density at radius 3 is 2.71 bits per heavy atom. The van der Waals surface area contributed by atoms with Crippen molar-refractivity contribution >= 4 is 17.4 Å². The van der Waals surface area contributed by atoms with E-state index in [1.165, 1.54) is 0 Å². The van der Waals surface area contributed by atoms with Gasteiger partial charge in [0.1, 0.15) is 5.60 Å². The van der Waals surface area contributed by atoms with Gasteiger partial charge in [0.05, 0.1) is 11.4 Å². The second kappa shape index (κ2) is 9.49. The first-order valence-corrected chi connectivity index (χ1v) is 10.5. The quantitative estimate of drug-likeness (QED) is 0.707. The Morgan fingerprint density at radius 1 is 1.29 bits per heavy atom. The smallest absolute Gasteiger partial charge is 0.407 e. The van der Waals surface area contributed by atoms with Gasteiger partial charge in [0.2, 0.25) is 11.7 Å². The van der Waals surface area contributed by atoms with Crippen LogP contribution >= 0.6 is 11.3 Å². The van der Waals surface area contributed by atoms with Crippen molar-refractivity contribution < 1.29 is 14.1 Å². The average Bonchev–Trinajstić information content (AvgIpc) is 3.30. The van der Waals surface area contributed by atoms with Crippen molar-refractivity contribution in [3.05, 3.63) is 23.4 Å². The summed E-state index contributed by atoms with van der Waals surface area (Å²) < 4.78 is 10.6. The van der Waals surface area contributed by atoms with E-state index >= 15 is 0 Å². The summed E-state index contributed by atoms with van der Waals surface area (Å²) >= 11 is 1.61. The van der Waals surface area contributed by atoms with Crippen molar-refractivity contribution in [3.63, 3.8) is 0 Å². The van der Waals surface area contributed by atoms with Gasteiger partial charge in [0.25, 0.3) is 0 Å². The highest BCUT2D eigenvalue weighted by Gasteiger charge is 2.20. The number of alkyl carbamates (subject to hydrolysis) is 1. The Hall–Kier alpha value is -1.97. The summed E-state index contributed by atoms with van der Waals surface area (Å²) in [5.41, 5.74) is -0.455. The highest BCUT2D eigenvalue weighted by atomic mass is 32.1. The SMILES string of the molecule is CC(C)(C)OC(=O)NCCCN1CCN(Cc2nc(-c3cccs3)no2)CC1. The van der Waals surface area contributed by atoms with Crippen LogP contribution < -0.4 is 5.32 Å². The molecule has 0 aliphatic carbocycles. The van der Waals surface area contributed by atoms with Gasteiger partial charge in [0.15, 0.2) is 0 Å². The van der Waals surface area contributed by atoms with Crippen LogP contribution in [0.2, 0.25) is 0 Å². The summed E-state index contributed by atoms with van der Waals surface area (Å²) in [7, 11) is 0. The summed E-state index contributed by atoms with van der Waals surface area (Å²) in [5.74, 6) is 1.33. The van der Waals surface area contributed by atoms with Gasteiger partial charge >= 0.3 is 6.09 Å². The number of hydrogen-bond acceptors (Lipinski definition) is 8. The minimum absolute atomic E-state index is 0.348. The van der Waals surface area contributed by atoms with E-state index < -0.39 is 5.60 Å². The number of nitrogens with one attached hydrogen (secondary N) is 1. The Balaban J connectivity index is 1.31. The molecule has 1 N–H and O–H groups in total. The van der Waals surface area contributed by atoms with E-state index in [4.69, 9.17) is 9.26 Å². The fourth-order valence-corrected chi connectivity index (χ4v) is 3.64. The van der Waals surface area contributed by atoms with Crippen LogP contribution in [0.3, 0.4) is 0 Å². The van der Waals surface area contributed by atoms with Crippen LogP contribution in [-0.4, -0.2) is 70.9 Å². The summed E-state index contributed by atoms with van der Waals surface area (Å²) in [5, 5.41) is 8.88. The first-order valence-electron chi connectivity index (χ1n) is 9.67. The zero-order chi connectivity index (χ0) is 20.0. The number of nitrogens with zero attached hydrogens (tertiary/aromatic N) is 4. The number of thiophene rings is 1. The Bertz CT molecular complexity index is 733. The molecule has 3 heterocycles. The lowest BCUT2D eigenvalue weighted by atomic mass is 10.2. The number of hydrogen-bond donors (Lipinski definition) is 1. The predicted octanol–water partition coefficient (Wildman–Crippen LogP) is 2.83. The van der Waals surface area contributed by atoms with Crippen LogP contribution in [0.25, 0.3) is 10.7 Å². The van der Waals surface area contributed by atoms with E-state index in [2.05, 4.69) is 25.3 Å². The maximum absolute atomic E-state index is 11.6. The maximum atomic E-state index is 11.6. The second-order valence-corrected chi connectivity index (χ2v) is 8.84. The zero-order valence-corrected chi connectivity index (χ0v) is 17.6. The number of rotatable bonds is 7. The van der Waals surface area contributed by atoms with Gasteiger partial charge in [-0.05, 0) is 45.2 Å². The Kier molecular flexibility index (Phi) is 7.03. The molecule has 0 atom stereocenters. The molecule has 28 heavy (non-hydrogen) atoms. The number of ether oxygens (including phenoxy) is 1. The molecule has 8 nitrogen and oxygen atoms in total. The van der Waals surface area contributed by atoms with Gasteiger partial charge in [-0.15, -0.1) is 11.3 Å². The number of carbonyl (C=O) groups excluding carboxylic acids is 1. The molecule has 1 fully saturated rings. The fourth-order valence-electron chi connectivity index (χ4n) is 2.99. The summed E-state index contributed by atoms with van der Waals surface area (Å²) in [6.07, 6.45) is 0.561. The largest absolute Gasteiger partial charge is 0.444 e. The molecule has 0 aromatic carbocycles. The number of amides is 1. The molecular formula is C19H29N5O3S. The Morgan fingerprint density at radius 2 is 2.04 bits per heavy atom. The first-order chi connectivity index (χ1) is 13.4. The molecule has 1 amide bonds. The number of carbonyl (C=O) groups is 1. The second-order valence-electron chi connectivity index (χ2n) is 7.89. The zero-order valence-electron chi connectivity index (χ0n) is 16.8. The van der Waals surface area contributed by atoms with Gasteiger partial charge in [-0.3, -0.25) is 4.90 Å². The van der Waals surface area contributed by atoms with Crippen LogP contribution in [0.1, 0.15) is 33.1 Å². The molecule has 1 aliphatic heterocycles. The molecule has 0 bridgehead atoms.